The maximum Gasteiger partial charge on any atom is 0.262 e. The van der Waals surface area contributed by atoms with Gasteiger partial charge in [0.1, 0.15) is 6.04 Å². The Kier molecular flexibility index (Phi) is 5.30. The minimum Gasteiger partial charge on any atom is -0.338 e. The molecule has 3 amide bonds. The van der Waals surface area contributed by atoms with E-state index in [1.54, 1.807) is 30.0 Å². The Morgan fingerprint density at radius 2 is 1.92 bits per heavy atom. The van der Waals surface area contributed by atoms with Crippen LogP contribution in [0.25, 0.3) is 0 Å². The Morgan fingerprint density at radius 3 is 2.58 bits per heavy atom. The van der Waals surface area contributed by atoms with Crippen molar-refractivity contribution in [2.45, 2.75) is 32.9 Å². The van der Waals surface area contributed by atoms with Crippen LogP contribution < -0.4 is 5.32 Å². The zero-order chi connectivity index (χ0) is 16.7. The molecule has 2 unspecified atom stereocenters. The van der Waals surface area contributed by atoms with Crippen LogP contribution in [-0.2, 0) is 4.79 Å². The Labute approximate surface area is 147 Å². The molecule has 1 fully saturated rings. The van der Waals surface area contributed by atoms with E-state index in [4.69, 9.17) is 0 Å². The molecule has 0 radical (unpaired) electrons. The average Bonchev–Trinajstić information content (AvgIpc) is 2.77. The molecule has 3 rings (SSSR count). The van der Waals surface area contributed by atoms with Crippen LogP contribution in [0.3, 0.4) is 0 Å². The topological polar surface area (TPSA) is 69.7 Å². The van der Waals surface area contributed by atoms with E-state index in [9.17, 15) is 14.4 Å². The molecule has 1 N–H and O–H groups in total. The first-order chi connectivity index (χ1) is 10.9. The number of hydrogen-bond acceptors (Lipinski definition) is 4. The Hall–Kier alpha value is -1.92. The summed E-state index contributed by atoms with van der Waals surface area (Å²) in [7, 11) is 0. The predicted molar refractivity (Wildman–Crippen MR) is 92.4 cm³/mol. The summed E-state index contributed by atoms with van der Waals surface area (Å²) in [6.07, 6.45) is 0. The molecular formula is C17H22ClN3O3. The van der Waals surface area contributed by atoms with Gasteiger partial charge in [0.05, 0.1) is 11.1 Å². The van der Waals surface area contributed by atoms with Crippen LogP contribution in [0.1, 0.15) is 40.1 Å². The normalized spacial score (nSPS) is 21.4. The minimum absolute atomic E-state index is 0. The van der Waals surface area contributed by atoms with Gasteiger partial charge in [0.25, 0.3) is 11.8 Å². The van der Waals surface area contributed by atoms with Gasteiger partial charge in [-0.1, -0.05) is 11.6 Å². The number of halogens is 1. The number of piperazine rings is 1. The summed E-state index contributed by atoms with van der Waals surface area (Å²) in [4.78, 5) is 40.6. The molecule has 2 atom stereocenters. The summed E-state index contributed by atoms with van der Waals surface area (Å²) in [5, 5.41) is 3.27. The summed E-state index contributed by atoms with van der Waals surface area (Å²) in [6.45, 7) is 7.41. The number of amides is 3. The van der Waals surface area contributed by atoms with E-state index < -0.39 is 6.04 Å². The fourth-order valence-corrected chi connectivity index (χ4v) is 3.23. The number of imide groups is 1. The van der Waals surface area contributed by atoms with E-state index in [0.717, 1.165) is 17.0 Å². The first-order valence-electron chi connectivity index (χ1n) is 7.91. The lowest BCUT2D eigenvalue weighted by atomic mass is 10.1. The number of fused-ring (bicyclic) bond motifs is 1. The number of nitrogens with zero attached hydrogens (tertiary/aromatic N) is 2. The van der Waals surface area contributed by atoms with Gasteiger partial charge in [0.15, 0.2) is 0 Å². The molecule has 0 spiro atoms. The third kappa shape index (κ3) is 3.03. The summed E-state index contributed by atoms with van der Waals surface area (Å²) >= 11 is 0. The van der Waals surface area contributed by atoms with Crippen molar-refractivity contribution in [3.8, 4) is 0 Å². The average molecular weight is 352 g/mol. The van der Waals surface area contributed by atoms with Crippen LogP contribution in [0.5, 0.6) is 0 Å². The van der Waals surface area contributed by atoms with Gasteiger partial charge in [-0.15, -0.1) is 12.4 Å². The highest BCUT2D eigenvalue weighted by molar-refractivity contribution is 6.22. The van der Waals surface area contributed by atoms with Gasteiger partial charge in [-0.25, -0.2) is 0 Å². The van der Waals surface area contributed by atoms with E-state index in [-0.39, 0.29) is 36.2 Å². The Bertz CT molecular complexity index is 692. The second kappa shape index (κ2) is 6.91. The van der Waals surface area contributed by atoms with E-state index in [0.29, 0.717) is 24.2 Å². The molecule has 0 bridgehead atoms. The maximum absolute atomic E-state index is 12.7. The summed E-state index contributed by atoms with van der Waals surface area (Å²) in [5.74, 6) is -0.934. The number of nitrogens with one attached hydrogen (secondary N) is 1. The first-order valence-corrected chi connectivity index (χ1v) is 7.91. The predicted octanol–water partition coefficient (Wildman–Crippen LogP) is 1.22. The molecule has 2 heterocycles. The number of benzene rings is 1. The lowest BCUT2D eigenvalue weighted by molar-refractivity contribution is -0.136. The molecule has 2 aliphatic rings. The highest BCUT2D eigenvalue weighted by Gasteiger charge is 2.42. The standard InChI is InChI=1S/C17H21N3O3.ClH/c1-10-4-5-13-14(8-10)17(23)20(16(13)22)12(3)15(21)19-7-6-18-11(2)9-19;/h4-5,8,11-12,18H,6-7,9H2,1-3H3;1H. The third-order valence-corrected chi connectivity index (χ3v) is 4.50. The second-order valence-electron chi connectivity index (χ2n) is 6.34. The molecule has 0 aromatic heterocycles. The minimum atomic E-state index is -0.784. The smallest absolute Gasteiger partial charge is 0.262 e. The zero-order valence-corrected chi connectivity index (χ0v) is 14.9. The van der Waals surface area contributed by atoms with Crippen molar-refractivity contribution in [3.63, 3.8) is 0 Å². The molecular weight excluding hydrogens is 330 g/mol. The maximum atomic E-state index is 12.7. The van der Waals surface area contributed by atoms with Crippen LogP contribution in [0.2, 0.25) is 0 Å². The number of carbonyl (C=O) groups is 3. The lowest BCUT2D eigenvalue weighted by Crippen LogP contribution is -2.56. The van der Waals surface area contributed by atoms with Crippen LogP contribution >= 0.6 is 12.4 Å². The van der Waals surface area contributed by atoms with Crippen molar-refractivity contribution in [3.05, 3.63) is 34.9 Å². The first kappa shape index (κ1) is 18.4. The van der Waals surface area contributed by atoms with E-state index in [1.165, 1.54) is 0 Å². The summed E-state index contributed by atoms with van der Waals surface area (Å²) < 4.78 is 0. The highest BCUT2D eigenvalue weighted by atomic mass is 35.5. The lowest BCUT2D eigenvalue weighted by Gasteiger charge is -2.35. The molecule has 1 saturated heterocycles. The molecule has 0 saturated carbocycles. The largest absolute Gasteiger partial charge is 0.338 e. The van der Waals surface area contributed by atoms with Crippen LogP contribution in [0.15, 0.2) is 18.2 Å². The number of carbonyl (C=O) groups excluding carboxylic acids is 3. The van der Waals surface area contributed by atoms with Gasteiger partial charge in [0, 0.05) is 25.7 Å². The Morgan fingerprint density at radius 1 is 1.25 bits per heavy atom. The Balaban J connectivity index is 0.00000208. The van der Waals surface area contributed by atoms with Gasteiger partial charge in [-0.2, -0.15) is 0 Å². The summed E-state index contributed by atoms with van der Waals surface area (Å²) in [6, 6.07) is 4.60. The summed E-state index contributed by atoms with van der Waals surface area (Å²) in [5.41, 5.74) is 1.69. The van der Waals surface area contributed by atoms with E-state index in [2.05, 4.69) is 5.32 Å². The number of aryl methyl sites for hydroxylation is 1. The molecule has 24 heavy (non-hydrogen) atoms. The molecule has 2 aliphatic heterocycles. The monoisotopic (exact) mass is 351 g/mol. The molecule has 1 aromatic rings. The van der Waals surface area contributed by atoms with Crippen LogP contribution in [-0.4, -0.2) is 59.2 Å². The molecule has 130 valence electrons. The van der Waals surface area contributed by atoms with E-state index >= 15 is 0 Å². The van der Waals surface area contributed by atoms with Gasteiger partial charge in [-0.3, -0.25) is 19.3 Å². The fourth-order valence-electron chi connectivity index (χ4n) is 3.23. The van der Waals surface area contributed by atoms with Gasteiger partial charge in [-0.05, 0) is 32.9 Å². The third-order valence-electron chi connectivity index (χ3n) is 4.50. The van der Waals surface area contributed by atoms with Crippen LogP contribution in [0.4, 0.5) is 0 Å². The van der Waals surface area contributed by atoms with Crippen molar-refractivity contribution < 1.29 is 14.4 Å². The number of rotatable bonds is 2. The molecule has 6 nitrogen and oxygen atoms in total. The van der Waals surface area contributed by atoms with Crippen molar-refractivity contribution in [1.82, 2.24) is 15.1 Å². The second-order valence-corrected chi connectivity index (χ2v) is 6.34. The molecule has 1 aromatic carbocycles. The van der Waals surface area contributed by atoms with Crippen molar-refractivity contribution in [2.24, 2.45) is 0 Å². The quantitative estimate of drug-likeness (QED) is 0.813. The molecule has 7 heteroatoms. The van der Waals surface area contributed by atoms with Crippen molar-refractivity contribution >= 4 is 30.1 Å². The fraction of sp³-hybridized carbons (Fsp3) is 0.471. The zero-order valence-electron chi connectivity index (χ0n) is 14.0. The van der Waals surface area contributed by atoms with Crippen molar-refractivity contribution in [2.75, 3.05) is 19.6 Å². The van der Waals surface area contributed by atoms with Gasteiger partial charge in [0.2, 0.25) is 5.91 Å². The van der Waals surface area contributed by atoms with Gasteiger partial charge >= 0.3 is 0 Å². The van der Waals surface area contributed by atoms with Crippen LogP contribution in [0, 0.1) is 6.92 Å². The molecule has 0 aliphatic carbocycles. The van der Waals surface area contributed by atoms with Gasteiger partial charge < -0.3 is 10.2 Å². The van der Waals surface area contributed by atoms with Crippen molar-refractivity contribution in [1.29, 1.82) is 0 Å². The SMILES string of the molecule is Cc1ccc2c(c1)C(=O)N(C(C)C(=O)N1CCNC(C)C1)C2=O.Cl. The highest BCUT2D eigenvalue weighted by Crippen LogP contribution is 2.26. The number of hydrogen-bond donors (Lipinski definition) is 1. The van der Waals surface area contributed by atoms with E-state index in [1.807, 2.05) is 13.8 Å².